The number of benzene rings is 3. The van der Waals surface area contributed by atoms with Crippen LogP contribution in [0.4, 0.5) is 0 Å². The van der Waals surface area contributed by atoms with Crippen LogP contribution in [0.5, 0.6) is 0 Å². The molecule has 0 fully saturated rings. The maximum absolute atomic E-state index is 12.3. The SMILES string of the molecule is O=C(OCc1ccccc1)C(CO)C(O)CCc1cccc(CCCc2ccccc2)c1. The number of rotatable bonds is 12. The number of carbonyl (C=O) groups excluding carboxylic acids is 1. The van der Waals surface area contributed by atoms with E-state index in [2.05, 4.69) is 36.4 Å². The number of aryl methyl sites for hydroxylation is 3. The highest BCUT2D eigenvalue weighted by molar-refractivity contribution is 5.73. The number of carbonyl (C=O) groups is 1. The lowest BCUT2D eigenvalue weighted by Crippen LogP contribution is -2.33. The Morgan fingerprint density at radius 2 is 1.31 bits per heavy atom. The minimum atomic E-state index is -0.954. The van der Waals surface area contributed by atoms with Gasteiger partial charge in [-0.25, -0.2) is 0 Å². The molecular weight excluding hydrogens is 400 g/mol. The quantitative estimate of drug-likeness (QED) is 0.413. The molecule has 0 aromatic heterocycles. The summed E-state index contributed by atoms with van der Waals surface area (Å²) in [6.07, 6.45) is 3.19. The molecule has 0 radical (unpaired) electrons. The van der Waals surface area contributed by atoms with Crippen LogP contribution in [0.3, 0.4) is 0 Å². The Morgan fingerprint density at radius 3 is 1.97 bits per heavy atom. The zero-order valence-electron chi connectivity index (χ0n) is 18.4. The fourth-order valence-electron chi connectivity index (χ4n) is 3.79. The monoisotopic (exact) mass is 432 g/mol. The van der Waals surface area contributed by atoms with Gasteiger partial charge in [0.2, 0.25) is 0 Å². The highest BCUT2D eigenvalue weighted by Crippen LogP contribution is 2.17. The molecule has 0 amide bonds. The number of aliphatic hydroxyl groups excluding tert-OH is 2. The summed E-state index contributed by atoms with van der Waals surface area (Å²) in [6.45, 7) is -0.303. The predicted molar refractivity (Wildman–Crippen MR) is 126 cm³/mol. The van der Waals surface area contributed by atoms with Crippen molar-refractivity contribution in [3.8, 4) is 0 Å². The zero-order valence-corrected chi connectivity index (χ0v) is 18.4. The van der Waals surface area contributed by atoms with Gasteiger partial charge >= 0.3 is 5.97 Å². The van der Waals surface area contributed by atoms with E-state index in [1.165, 1.54) is 11.1 Å². The second kappa shape index (κ2) is 12.8. The molecule has 2 unspecified atom stereocenters. The molecule has 4 nitrogen and oxygen atoms in total. The molecule has 0 bridgehead atoms. The number of aliphatic hydroxyl groups is 2. The van der Waals surface area contributed by atoms with Crippen molar-refractivity contribution in [3.63, 3.8) is 0 Å². The van der Waals surface area contributed by atoms with E-state index in [0.717, 1.165) is 30.4 Å². The smallest absolute Gasteiger partial charge is 0.314 e. The van der Waals surface area contributed by atoms with Crippen LogP contribution in [0.15, 0.2) is 84.9 Å². The van der Waals surface area contributed by atoms with Crippen LogP contribution < -0.4 is 0 Å². The largest absolute Gasteiger partial charge is 0.460 e. The van der Waals surface area contributed by atoms with Crippen molar-refractivity contribution < 1.29 is 19.7 Å². The van der Waals surface area contributed by atoms with Crippen LogP contribution in [0.2, 0.25) is 0 Å². The molecule has 2 N–H and O–H groups in total. The van der Waals surface area contributed by atoms with Crippen LogP contribution in [-0.2, 0) is 35.4 Å². The van der Waals surface area contributed by atoms with Gasteiger partial charge < -0.3 is 14.9 Å². The molecule has 3 rings (SSSR count). The molecule has 0 heterocycles. The average Bonchev–Trinajstić information content (AvgIpc) is 2.83. The van der Waals surface area contributed by atoms with Crippen molar-refractivity contribution in [2.45, 2.75) is 44.8 Å². The van der Waals surface area contributed by atoms with Gasteiger partial charge in [-0.2, -0.15) is 0 Å². The molecule has 0 saturated heterocycles. The molecule has 0 saturated carbocycles. The van der Waals surface area contributed by atoms with Crippen molar-refractivity contribution in [1.29, 1.82) is 0 Å². The van der Waals surface area contributed by atoms with Crippen LogP contribution >= 0.6 is 0 Å². The van der Waals surface area contributed by atoms with Crippen LogP contribution in [0, 0.1) is 5.92 Å². The van der Waals surface area contributed by atoms with Gasteiger partial charge in [-0.15, -0.1) is 0 Å². The molecular formula is C28H32O4. The maximum Gasteiger partial charge on any atom is 0.314 e. The molecule has 0 spiro atoms. The minimum Gasteiger partial charge on any atom is -0.460 e. The van der Waals surface area contributed by atoms with E-state index >= 15 is 0 Å². The third-order valence-corrected chi connectivity index (χ3v) is 5.68. The highest BCUT2D eigenvalue weighted by Gasteiger charge is 2.27. The lowest BCUT2D eigenvalue weighted by molar-refractivity contribution is -0.156. The van der Waals surface area contributed by atoms with Crippen molar-refractivity contribution in [2.24, 2.45) is 5.92 Å². The van der Waals surface area contributed by atoms with Crippen molar-refractivity contribution >= 4 is 5.97 Å². The summed E-state index contributed by atoms with van der Waals surface area (Å²) in [4.78, 5) is 12.3. The van der Waals surface area contributed by atoms with Gasteiger partial charge in [0.05, 0.1) is 12.7 Å². The number of ether oxygens (including phenoxy) is 1. The van der Waals surface area contributed by atoms with Gasteiger partial charge in [-0.05, 0) is 54.4 Å². The molecule has 32 heavy (non-hydrogen) atoms. The fourth-order valence-corrected chi connectivity index (χ4v) is 3.79. The van der Waals surface area contributed by atoms with E-state index in [1.54, 1.807) is 0 Å². The normalized spacial score (nSPS) is 12.8. The summed E-state index contributed by atoms with van der Waals surface area (Å²) in [5.41, 5.74) is 4.61. The fraction of sp³-hybridized carbons (Fsp3) is 0.321. The van der Waals surface area contributed by atoms with Crippen LogP contribution in [0.25, 0.3) is 0 Å². The van der Waals surface area contributed by atoms with Crippen molar-refractivity contribution in [2.75, 3.05) is 6.61 Å². The minimum absolute atomic E-state index is 0.133. The van der Waals surface area contributed by atoms with E-state index in [9.17, 15) is 15.0 Å². The lowest BCUT2D eigenvalue weighted by atomic mass is 9.95. The molecule has 0 aliphatic rings. The Labute approximate surface area is 190 Å². The van der Waals surface area contributed by atoms with Gasteiger partial charge in [0.25, 0.3) is 0 Å². The zero-order chi connectivity index (χ0) is 22.6. The summed E-state index contributed by atoms with van der Waals surface area (Å²) in [7, 11) is 0. The molecule has 168 valence electrons. The van der Waals surface area contributed by atoms with Crippen LogP contribution in [-0.4, -0.2) is 28.9 Å². The first-order chi connectivity index (χ1) is 15.7. The van der Waals surface area contributed by atoms with E-state index in [0.29, 0.717) is 12.8 Å². The van der Waals surface area contributed by atoms with Gasteiger partial charge in [-0.3, -0.25) is 4.79 Å². The molecule has 4 heteroatoms. The molecule has 0 aliphatic heterocycles. The first-order valence-electron chi connectivity index (χ1n) is 11.3. The van der Waals surface area contributed by atoms with Gasteiger partial charge in [0.15, 0.2) is 0 Å². The summed E-state index contributed by atoms with van der Waals surface area (Å²) in [6, 6.07) is 28.2. The Hall–Kier alpha value is -2.95. The van der Waals surface area contributed by atoms with Crippen LogP contribution in [0.1, 0.15) is 35.1 Å². The topological polar surface area (TPSA) is 66.8 Å². The Balaban J connectivity index is 1.45. The summed E-state index contributed by atoms with van der Waals surface area (Å²) in [5.74, 6) is -1.51. The van der Waals surface area contributed by atoms with E-state index in [4.69, 9.17) is 4.74 Å². The second-order valence-electron chi connectivity index (χ2n) is 8.15. The highest BCUT2D eigenvalue weighted by atomic mass is 16.5. The van der Waals surface area contributed by atoms with Crippen molar-refractivity contribution in [1.82, 2.24) is 0 Å². The number of esters is 1. The number of hydrogen-bond donors (Lipinski definition) is 2. The first kappa shape index (κ1) is 23.7. The Morgan fingerprint density at radius 1 is 0.750 bits per heavy atom. The third kappa shape index (κ3) is 7.63. The predicted octanol–water partition coefficient (Wildman–Crippen LogP) is 4.51. The lowest BCUT2D eigenvalue weighted by Gasteiger charge is -2.20. The van der Waals surface area contributed by atoms with Gasteiger partial charge in [0, 0.05) is 0 Å². The van der Waals surface area contributed by atoms with Gasteiger partial charge in [-0.1, -0.05) is 84.9 Å². The maximum atomic E-state index is 12.3. The molecule has 2 atom stereocenters. The third-order valence-electron chi connectivity index (χ3n) is 5.68. The molecule has 3 aromatic carbocycles. The average molecular weight is 433 g/mol. The Bertz CT molecular complexity index is 940. The first-order valence-corrected chi connectivity index (χ1v) is 11.3. The van der Waals surface area contributed by atoms with Crippen molar-refractivity contribution in [3.05, 3.63) is 107 Å². The van der Waals surface area contributed by atoms with Gasteiger partial charge in [0.1, 0.15) is 12.5 Å². The Kier molecular flexibility index (Phi) is 9.48. The number of hydrogen-bond acceptors (Lipinski definition) is 4. The van der Waals surface area contributed by atoms with E-state index in [-0.39, 0.29) is 6.61 Å². The summed E-state index contributed by atoms with van der Waals surface area (Å²) < 4.78 is 5.30. The summed E-state index contributed by atoms with van der Waals surface area (Å²) >= 11 is 0. The van der Waals surface area contributed by atoms with E-state index < -0.39 is 24.6 Å². The standard InChI is InChI=1S/C28H32O4/c29-20-26(28(31)32-21-25-11-5-2-6-12-25)27(30)18-17-24-16-8-15-23(19-24)14-7-13-22-9-3-1-4-10-22/h1-6,8-12,15-16,19,26-27,29-30H,7,13-14,17-18,20-21H2. The molecule has 0 aliphatic carbocycles. The summed E-state index contributed by atoms with van der Waals surface area (Å²) in [5, 5.41) is 20.1. The van der Waals surface area contributed by atoms with E-state index in [1.807, 2.05) is 48.5 Å². The second-order valence-corrected chi connectivity index (χ2v) is 8.15. The molecule has 3 aromatic rings.